The Balaban J connectivity index is 1.05. The van der Waals surface area contributed by atoms with E-state index in [-0.39, 0.29) is 86.4 Å². The van der Waals surface area contributed by atoms with Crippen molar-refractivity contribution in [3.8, 4) is 11.3 Å². The molecule has 8 amide bonds. The molecule has 21 nitrogen and oxygen atoms in total. The minimum atomic E-state index is -1.29. The van der Waals surface area contributed by atoms with E-state index in [0.29, 0.717) is 57.2 Å². The van der Waals surface area contributed by atoms with Gasteiger partial charge in [0.05, 0.1) is 17.8 Å². The van der Waals surface area contributed by atoms with E-state index in [1.807, 2.05) is 51.1 Å². The van der Waals surface area contributed by atoms with Crippen LogP contribution < -0.4 is 32.3 Å². The maximum Gasteiger partial charge on any atom is 0.326 e. The molecule has 0 saturated heterocycles. The molecule has 1 saturated carbocycles. The molecule has 2 aromatic carbocycles. The van der Waals surface area contributed by atoms with Gasteiger partial charge in [0, 0.05) is 68.5 Å². The van der Waals surface area contributed by atoms with Crippen molar-refractivity contribution in [3.63, 3.8) is 0 Å². The number of imidazole rings is 1. The highest BCUT2D eigenvalue weighted by Crippen LogP contribution is 2.40. The minimum absolute atomic E-state index is 0.0211. The number of nitrogens with two attached hydrogens (primary N) is 1. The molecule has 0 spiro atoms. The number of nitrogens with one attached hydrogen (secondary N) is 5. The van der Waals surface area contributed by atoms with Gasteiger partial charge < -0.3 is 52.0 Å². The Bertz CT molecular complexity index is 2690. The molecule has 2 aliphatic rings. The first-order valence-electron chi connectivity index (χ1n) is 27.3. The van der Waals surface area contributed by atoms with Crippen molar-refractivity contribution >= 4 is 53.2 Å². The molecule has 2 heterocycles. The first-order valence-corrected chi connectivity index (χ1v) is 27.3. The maximum absolute atomic E-state index is 15.1. The molecule has 9 N–H and O–H groups in total. The van der Waals surface area contributed by atoms with Gasteiger partial charge >= 0.3 is 5.97 Å². The van der Waals surface area contributed by atoms with Crippen LogP contribution in [0.15, 0.2) is 66.9 Å². The van der Waals surface area contributed by atoms with Crippen molar-refractivity contribution < 1.29 is 62.1 Å². The summed E-state index contributed by atoms with van der Waals surface area (Å²) < 4.78 is 31.3. The number of hydrogen-bond acceptors (Lipinski definition) is 12. The predicted octanol–water partition coefficient (Wildman–Crippen LogP) is 3.77. The van der Waals surface area contributed by atoms with E-state index in [2.05, 4.69) is 26.6 Å². The van der Waals surface area contributed by atoms with Crippen LogP contribution in [0.5, 0.6) is 0 Å². The summed E-state index contributed by atoms with van der Waals surface area (Å²) in [4.78, 5) is 122. The van der Waals surface area contributed by atoms with Gasteiger partial charge in [-0.05, 0) is 99.8 Å². The Kier molecular flexibility index (Phi) is 23.6. The zero-order valence-corrected chi connectivity index (χ0v) is 46.5. The Hall–Kier alpha value is -7.40. The number of nitrogens with zero attached hydrogens (tertiary/aromatic N) is 4. The third kappa shape index (κ3) is 18.3. The molecule has 0 bridgehead atoms. The quantitative estimate of drug-likeness (QED) is 0.0349. The van der Waals surface area contributed by atoms with Gasteiger partial charge in [-0.15, -0.1) is 0 Å². The standard InChI is InChI=1S/C57H78F2N10O11/c1-34(2)49(66-45(71)18-11-8-14-27-68-46(72)23-24-47(68)73)55(78)62-35(3)52(75)65-43(56(79)80)17-12-13-26-61-53(76)37-19-21-39(29-37)63-54(77)42(60)25-28-69(48(74)33-70)50(57(4,5)6)51-64-44(40-30-38(58)20-22-41(40)59)32-67(51)31-36-15-9-7-10-16-36/h7,9-10,15-16,20,22-24,30,32,34-35,37,39,42-43,49-50,70H,8,11-14,17-19,21,25-29,31,33,60H2,1-6H3,(H,61,76)(H,62,78)(H,63,77)(H,65,75)(H,66,71)(H,79,80)/t35-,37+,39-,42-,43-,49?,50-/m0/s1. The van der Waals surface area contributed by atoms with E-state index in [1.165, 1.54) is 24.0 Å². The Morgan fingerprint density at radius 1 is 0.850 bits per heavy atom. The first-order chi connectivity index (χ1) is 37.9. The van der Waals surface area contributed by atoms with E-state index in [1.54, 1.807) is 24.6 Å². The lowest BCUT2D eigenvalue weighted by Crippen LogP contribution is -2.56. The normalized spacial score (nSPS) is 17.1. The molecule has 1 aliphatic heterocycles. The van der Waals surface area contributed by atoms with E-state index < -0.39 is 95.3 Å². The lowest BCUT2D eigenvalue weighted by molar-refractivity contribution is -0.142. The van der Waals surface area contributed by atoms with Crippen molar-refractivity contribution in [2.75, 3.05) is 26.2 Å². The van der Waals surface area contributed by atoms with Gasteiger partial charge in [-0.25, -0.2) is 18.6 Å². The summed E-state index contributed by atoms with van der Waals surface area (Å²) in [5, 5.41) is 33.6. The summed E-state index contributed by atoms with van der Waals surface area (Å²) in [6, 6.07) is 6.72. The lowest BCUT2D eigenvalue weighted by Gasteiger charge is -2.40. The summed E-state index contributed by atoms with van der Waals surface area (Å²) >= 11 is 0. The van der Waals surface area contributed by atoms with Crippen LogP contribution >= 0.6 is 0 Å². The van der Waals surface area contributed by atoms with Gasteiger partial charge in [0.15, 0.2) is 0 Å². The van der Waals surface area contributed by atoms with Gasteiger partial charge in [0.1, 0.15) is 42.2 Å². The maximum atomic E-state index is 15.1. The van der Waals surface area contributed by atoms with Gasteiger partial charge in [0.2, 0.25) is 35.4 Å². The molecule has 1 aromatic heterocycles. The number of aliphatic hydroxyl groups excluding tert-OH is 1. The second-order valence-corrected chi connectivity index (χ2v) is 22.0. The smallest absolute Gasteiger partial charge is 0.326 e. The second-order valence-electron chi connectivity index (χ2n) is 22.0. The molecule has 3 aromatic rings. The third-order valence-corrected chi connectivity index (χ3v) is 14.2. The number of aliphatic hydroxyl groups is 1. The number of hydrogen-bond donors (Lipinski definition) is 8. The number of rotatable bonds is 30. The number of carboxylic acids is 1. The van der Waals surface area contributed by atoms with Gasteiger partial charge in [-0.3, -0.25) is 43.3 Å². The monoisotopic (exact) mass is 1120 g/mol. The number of halogens is 2. The zero-order chi connectivity index (χ0) is 58.8. The van der Waals surface area contributed by atoms with Crippen LogP contribution in [-0.4, -0.2) is 139 Å². The molecule has 7 atom stereocenters. The fourth-order valence-corrected chi connectivity index (χ4v) is 9.85. The third-order valence-electron chi connectivity index (χ3n) is 14.2. The van der Waals surface area contributed by atoms with Crippen LogP contribution in [-0.2, 0) is 49.7 Å². The Labute approximate surface area is 465 Å². The summed E-state index contributed by atoms with van der Waals surface area (Å²) in [6.07, 6.45) is 7.67. The number of aliphatic carboxylic acids is 1. The molecule has 1 aliphatic carbocycles. The highest BCUT2D eigenvalue weighted by Gasteiger charge is 2.39. The lowest BCUT2D eigenvalue weighted by atomic mass is 9.84. The summed E-state index contributed by atoms with van der Waals surface area (Å²) in [6.45, 7) is 10.3. The summed E-state index contributed by atoms with van der Waals surface area (Å²) in [5.41, 5.74) is 6.63. The molecule has 5 rings (SSSR count). The van der Waals surface area contributed by atoms with Gasteiger partial charge in [-0.2, -0.15) is 0 Å². The van der Waals surface area contributed by atoms with E-state index in [9.17, 15) is 57.8 Å². The first kappa shape index (κ1) is 63.4. The number of amides is 8. The average Bonchev–Trinajstić information content (AvgIpc) is 4.14. The zero-order valence-electron chi connectivity index (χ0n) is 46.5. The van der Waals surface area contributed by atoms with Crippen molar-refractivity contribution in [1.82, 2.24) is 45.9 Å². The van der Waals surface area contributed by atoms with E-state index in [0.717, 1.165) is 28.7 Å². The molecule has 436 valence electrons. The number of carbonyl (C=O) groups is 9. The number of carboxylic acid groups (broad SMARTS) is 1. The highest BCUT2D eigenvalue weighted by atomic mass is 19.1. The average molecular weight is 1120 g/mol. The van der Waals surface area contributed by atoms with Crippen molar-refractivity contribution in [2.45, 2.75) is 155 Å². The van der Waals surface area contributed by atoms with Crippen LogP contribution in [0.25, 0.3) is 11.3 Å². The second kappa shape index (κ2) is 29.7. The summed E-state index contributed by atoms with van der Waals surface area (Å²) in [5.74, 6) is -6.97. The molecule has 80 heavy (non-hydrogen) atoms. The number of aromatic nitrogens is 2. The molecular weight excluding hydrogens is 1040 g/mol. The van der Waals surface area contributed by atoms with Crippen LogP contribution in [0.2, 0.25) is 0 Å². The number of unbranched alkanes of at least 4 members (excludes halogenated alkanes) is 3. The van der Waals surface area contributed by atoms with Crippen molar-refractivity contribution in [3.05, 3.63) is 89.9 Å². The molecule has 23 heteroatoms. The molecule has 1 fully saturated rings. The highest BCUT2D eigenvalue weighted by molar-refractivity contribution is 6.12. The Morgan fingerprint density at radius 3 is 2.20 bits per heavy atom. The topological polar surface area (TPSA) is 305 Å². The summed E-state index contributed by atoms with van der Waals surface area (Å²) in [7, 11) is 0. The number of imide groups is 1. The molecule has 1 unspecified atom stereocenters. The minimum Gasteiger partial charge on any atom is -0.480 e. The van der Waals surface area contributed by atoms with Crippen LogP contribution in [0.4, 0.5) is 8.78 Å². The predicted molar refractivity (Wildman–Crippen MR) is 291 cm³/mol. The number of benzene rings is 2. The fraction of sp³-hybridized carbons (Fsp3) is 0.544. The molecular formula is C57H78F2N10O11. The van der Waals surface area contributed by atoms with Crippen LogP contribution in [0.3, 0.4) is 0 Å². The largest absolute Gasteiger partial charge is 0.480 e. The van der Waals surface area contributed by atoms with Gasteiger partial charge in [0.25, 0.3) is 11.8 Å². The fourth-order valence-electron chi connectivity index (χ4n) is 9.85. The van der Waals surface area contributed by atoms with Crippen LogP contribution in [0.1, 0.15) is 130 Å². The number of carbonyl (C=O) groups excluding carboxylic acids is 8. The SMILES string of the molecule is CC(C)C(NC(=O)CCCCCN1C(=O)C=CC1=O)C(=O)N[C@@H](C)C(=O)N[C@@H](CCCCNC(=O)[C@@H]1CC[C@H](NC(=O)[C@@H](N)CCN(C(=O)CO)[C@@H](c2nc(-c3cc(F)ccc3F)cn2Cc2ccccc2)C(C)(C)C)C1)C(=O)O. The van der Waals surface area contributed by atoms with Crippen molar-refractivity contribution in [2.24, 2.45) is 23.0 Å². The molecule has 0 radical (unpaired) electrons. The van der Waals surface area contributed by atoms with E-state index in [4.69, 9.17) is 10.7 Å². The Morgan fingerprint density at radius 2 is 1.55 bits per heavy atom. The van der Waals surface area contributed by atoms with Gasteiger partial charge in [-0.1, -0.05) is 71.4 Å². The van der Waals surface area contributed by atoms with Crippen LogP contribution in [0, 0.1) is 28.9 Å². The van der Waals surface area contributed by atoms with Crippen molar-refractivity contribution in [1.29, 1.82) is 0 Å². The van der Waals surface area contributed by atoms with E-state index >= 15 is 4.39 Å².